The molecule has 23 heavy (non-hydrogen) atoms. The summed E-state index contributed by atoms with van der Waals surface area (Å²) in [5.74, 6) is 0.914. The molecule has 1 heterocycles. The highest BCUT2D eigenvalue weighted by molar-refractivity contribution is 5.87. The van der Waals surface area contributed by atoms with Gasteiger partial charge in [0.25, 0.3) is 0 Å². The molecule has 128 valence electrons. The molecule has 1 unspecified atom stereocenters. The van der Waals surface area contributed by atoms with Crippen molar-refractivity contribution in [2.24, 2.45) is 5.73 Å². The van der Waals surface area contributed by atoms with Gasteiger partial charge in [-0.1, -0.05) is 38.5 Å². The summed E-state index contributed by atoms with van der Waals surface area (Å²) in [4.78, 5) is 14.3. The Morgan fingerprint density at radius 2 is 1.96 bits per heavy atom. The fourth-order valence-corrected chi connectivity index (χ4v) is 2.98. The number of aryl methyl sites for hydroxylation is 1. The van der Waals surface area contributed by atoms with E-state index < -0.39 is 5.54 Å². The molecule has 0 aliphatic heterocycles. The summed E-state index contributed by atoms with van der Waals surface area (Å²) in [6, 6.07) is 7.96. The number of nitrogens with zero attached hydrogens (tertiary/aromatic N) is 1. The number of fused-ring (bicyclic) bond motifs is 1. The monoisotopic (exact) mass is 338 g/mol. The highest BCUT2D eigenvalue weighted by atomic mass is 35.5. The molecule has 2 N–H and O–H groups in total. The molecule has 0 radical (unpaired) electrons. The van der Waals surface area contributed by atoms with E-state index in [2.05, 4.69) is 6.92 Å². The van der Waals surface area contributed by atoms with Gasteiger partial charge in [-0.3, -0.25) is 4.79 Å². The molecule has 0 saturated heterocycles. The summed E-state index contributed by atoms with van der Waals surface area (Å²) in [6.07, 6.45) is 2.38. The van der Waals surface area contributed by atoms with Crippen LogP contribution in [0.25, 0.3) is 11.0 Å². The number of furan rings is 1. The molecule has 1 atom stereocenters. The lowest BCUT2D eigenvalue weighted by molar-refractivity contribution is -0.135. The summed E-state index contributed by atoms with van der Waals surface area (Å²) in [5.41, 5.74) is 7.32. The maximum Gasteiger partial charge on any atom is 0.242 e. The van der Waals surface area contributed by atoms with Gasteiger partial charge in [0.05, 0.1) is 5.54 Å². The minimum Gasteiger partial charge on any atom is -0.461 e. The van der Waals surface area contributed by atoms with Crippen LogP contribution in [0.15, 0.2) is 28.7 Å². The zero-order valence-electron chi connectivity index (χ0n) is 14.4. The minimum atomic E-state index is -0.810. The molecule has 1 amide bonds. The van der Waals surface area contributed by atoms with E-state index in [-0.39, 0.29) is 18.3 Å². The molecule has 0 spiro atoms. The third-order valence-corrected chi connectivity index (χ3v) is 4.10. The Morgan fingerprint density at radius 3 is 2.57 bits per heavy atom. The Morgan fingerprint density at radius 1 is 1.30 bits per heavy atom. The predicted octanol–water partition coefficient (Wildman–Crippen LogP) is 3.89. The van der Waals surface area contributed by atoms with Crippen molar-refractivity contribution in [3.8, 4) is 0 Å². The first-order valence-electron chi connectivity index (χ1n) is 7.94. The van der Waals surface area contributed by atoms with Crippen LogP contribution >= 0.6 is 12.4 Å². The average Bonchev–Trinajstić information content (AvgIpc) is 2.84. The number of hydrogen-bond acceptors (Lipinski definition) is 3. The van der Waals surface area contributed by atoms with E-state index in [1.807, 2.05) is 45.2 Å². The number of carbonyl (C=O) groups excluding carboxylic acids is 1. The number of hydrogen-bond donors (Lipinski definition) is 1. The standard InChI is InChI=1S/C18H26N2O2.ClH/c1-5-11-18(3,19)17(21)20(4)12-14-13-9-7-8-10-16(13)22-15(14)6-2;/h7-10H,5-6,11-12,19H2,1-4H3;1H. The van der Waals surface area contributed by atoms with Crippen molar-refractivity contribution in [3.63, 3.8) is 0 Å². The number of rotatable bonds is 6. The zero-order valence-corrected chi connectivity index (χ0v) is 15.2. The van der Waals surface area contributed by atoms with Crippen LogP contribution < -0.4 is 5.73 Å². The van der Waals surface area contributed by atoms with Gasteiger partial charge in [0.15, 0.2) is 0 Å². The molecule has 0 bridgehead atoms. The molecule has 2 rings (SSSR count). The first-order valence-corrected chi connectivity index (χ1v) is 7.94. The van der Waals surface area contributed by atoms with Crippen molar-refractivity contribution in [3.05, 3.63) is 35.6 Å². The van der Waals surface area contributed by atoms with Gasteiger partial charge in [0.1, 0.15) is 11.3 Å². The Bertz CT molecular complexity index is 664. The summed E-state index contributed by atoms with van der Waals surface area (Å²) >= 11 is 0. The van der Waals surface area contributed by atoms with E-state index in [1.165, 1.54) is 0 Å². The van der Waals surface area contributed by atoms with E-state index >= 15 is 0 Å². The highest BCUT2D eigenvalue weighted by Crippen LogP contribution is 2.28. The number of likely N-dealkylation sites (N-methyl/N-ethyl adjacent to an activating group) is 1. The van der Waals surface area contributed by atoms with Crippen LogP contribution in [0.1, 0.15) is 44.9 Å². The van der Waals surface area contributed by atoms with E-state index in [9.17, 15) is 4.79 Å². The molecule has 1 aromatic heterocycles. The number of nitrogens with two attached hydrogens (primary N) is 1. The van der Waals surface area contributed by atoms with E-state index in [0.717, 1.165) is 35.1 Å². The number of benzene rings is 1. The molecule has 0 fully saturated rings. The lowest BCUT2D eigenvalue weighted by atomic mass is 9.95. The van der Waals surface area contributed by atoms with Gasteiger partial charge in [-0.05, 0) is 19.4 Å². The fraction of sp³-hybridized carbons (Fsp3) is 0.500. The molecule has 0 aliphatic rings. The Balaban J connectivity index is 0.00000264. The lowest BCUT2D eigenvalue weighted by Crippen LogP contribution is -2.51. The SMILES string of the molecule is CCCC(C)(N)C(=O)N(C)Cc1c(CC)oc2ccccc12.Cl. The van der Waals surface area contributed by atoms with Gasteiger partial charge < -0.3 is 15.1 Å². The summed E-state index contributed by atoms with van der Waals surface area (Å²) in [5, 5.41) is 1.08. The van der Waals surface area contributed by atoms with Gasteiger partial charge in [-0.25, -0.2) is 0 Å². The molecule has 1 aromatic carbocycles. The van der Waals surface area contributed by atoms with E-state index in [1.54, 1.807) is 4.90 Å². The summed E-state index contributed by atoms with van der Waals surface area (Å²) < 4.78 is 5.89. The van der Waals surface area contributed by atoms with Gasteiger partial charge in [-0.2, -0.15) is 0 Å². The second-order valence-electron chi connectivity index (χ2n) is 6.18. The minimum absolute atomic E-state index is 0. The molecule has 4 nitrogen and oxygen atoms in total. The Kier molecular flexibility index (Phi) is 6.66. The largest absolute Gasteiger partial charge is 0.461 e. The Hall–Kier alpha value is -1.52. The number of para-hydroxylation sites is 1. The van der Waals surface area contributed by atoms with Gasteiger partial charge in [0.2, 0.25) is 5.91 Å². The van der Waals surface area contributed by atoms with Gasteiger partial charge in [-0.15, -0.1) is 12.4 Å². The van der Waals surface area contributed by atoms with E-state index in [0.29, 0.717) is 13.0 Å². The molecule has 0 saturated carbocycles. The van der Waals surface area contributed by atoms with Crippen LogP contribution in [0.2, 0.25) is 0 Å². The average molecular weight is 339 g/mol. The second kappa shape index (κ2) is 7.84. The first kappa shape index (κ1) is 19.5. The smallest absolute Gasteiger partial charge is 0.242 e. The van der Waals surface area contributed by atoms with Gasteiger partial charge in [0, 0.05) is 31.0 Å². The van der Waals surface area contributed by atoms with Crippen LogP contribution in [0, 0.1) is 0 Å². The van der Waals surface area contributed by atoms with Crippen molar-refractivity contribution >= 4 is 29.3 Å². The van der Waals surface area contributed by atoms with Crippen LogP contribution in [-0.4, -0.2) is 23.4 Å². The highest BCUT2D eigenvalue weighted by Gasteiger charge is 2.30. The topological polar surface area (TPSA) is 59.5 Å². The maximum absolute atomic E-state index is 12.6. The maximum atomic E-state index is 12.6. The lowest BCUT2D eigenvalue weighted by Gasteiger charge is -2.29. The predicted molar refractivity (Wildman–Crippen MR) is 96.8 cm³/mol. The molecule has 2 aromatic rings. The van der Waals surface area contributed by atoms with Crippen molar-refractivity contribution in [2.75, 3.05) is 7.05 Å². The van der Waals surface area contributed by atoms with E-state index in [4.69, 9.17) is 10.2 Å². The normalized spacial score (nSPS) is 13.4. The van der Waals surface area contributed by atoms with Crippen molar-refractivity contribution in [1.29, 1.82) is 0 Å². The van der Waals surface area contributed by atoms with Crippen molar-refractivity contribution in [2.45, 2.75) is 52.1 Å². The fourth-order valence-electron chi connectivity index (χ4n) is 2.98. The van der Waals surface area contributed by atoms with Gasteiger partial charge >= 0.3 is 0 Å². The summed E-state index contributed by atoms with van der Waals surface area (Å²) in [7, 11) is 1.81. The van der Waals surface area contributed by atoms with Crippen LogP contribution in [0.3, 0.4) is 0 Å². The van der Waals surface area contributed by atoms with Crippen LogP contribution in [-0.2, 0) is 17.8 Å². The first-order chi connectivity index (χ1) is 10.4. The van der Waals surface area contributed by atoms with Crippen LogP contribution in [0.5, 0.6) is 0 Å². The zero-order chi connectivity index (χ0) is 16.3. The number of halogens is 1. The van der Waals surface area contributed by atoms with Crippen LogP contribution in [0.4, 0.5) is 0 Å². The summed E-state index contributed by atoms with van der Waals surface area (Å²) in [6.45, 7) is 6.43. The molecule has 5 heteroatoms. The van der Waals surface area contributed by atoms with Crippen molar-refractivity contribution in [1.82, 2.24) is 4.90 Å². The molecule has 0 aliphatic carbocycles. The van der Waals surface area contributed by atoms with Crippen molar-refractivity contribution < 1.29 is 9.21 Å². The molecular formula is C18H27ClN2O2. The third-order valence-electron chi connectivity index (χ3n) is 4.10. The Labute approximate surface area is 144 Å². The second-order valence-corrected chi connectivity index (χ2v) is 6.18. The number of amides is 1. The number of carbonyl (C=O) groups is 1. The molecular weight excluding hydrogens is 312 g/mol. The third kappa shape index (κ3) is 4.06. The quantitative estimate of drug-likeness (QED) is 0.869.